The average molecular weight is 513 g/mol. The zero-order valence-corrected chi connectivity index (χ0v) is 22.9. The van der Waals surface area contributed by atoms with Crippen LogP contribution in [-0.4, -0.2) is 46.3 Å². The molecule has 0 fully saturated rings. The maximum Gasteiger partial charge on any atom is 0.412 e. The Bertz CT molecular complexity index is 760. The van der Waals surface area contributed by atoms with Crippen LogP contribution in [0.5, 0.6) is 23.0 Å². The Morgan fingerprint density at radius 3 is 1.69 bits per heavy atom. The van der Waals surface area contributed by atoms with Gasteiger partial charge in [-0.1, -0.05) is 77.6 Å². The summed E-state index contributed by atoms with van der Waals surface area (Å²) in [6.07, 6.45) is 14.2. The number of hydrogen-bond acceptors (Lipinski definition) is 7. The number of hydrogen-bond donors (Lipinski definition) is 2. The van der Waals surface area contributed by atoms with Crippen LogP contribution >= 0.6 is 11.8 Å². The summed E-state index contributed by atoms with van der Waals surface area (Å²) in [5.74, 6) is 1.61. The molecule has 9 heteroatoms. The number of benzene rings is 1. The molecule has 1 rings (SSSR count). The van der Waals surface area contributed by atoms with E-state index in [-0.39, 0.29) is 23.0 Å². The lowest BCUT2D eigenvalue weighted by Gasteiger charge is -2.19. The molecule has 1 aromatic rings. The summed E-state index contributed by atoms with van der Waals surface area (Å²) in [4.78, 5) is 24.4. The Morgan fingerprint density at radius 2 is 1.20 bits per heavy atom. The molecule has 0 heterocycles. The maximum absolute atomic E-state index is 12.0. The van der Waals surface area contributed by atoms with E-state index in [1.165, 1.54) is 104 Å². The lowest BCUT2D eigenvalue weighted by Crippen LogP contribution is -2.23. The number of thioether (sulfide) groups is 1. The first-order chi connectivity index (χ1) is 17.0. The molecule has 1 aromatic carbocycles. The second-order valence-corrected chi connectivity index (χ2v) is 9.42. The number of rotatable bonds is 18. The molecule has 0 bridgehead atoms. The van der Waals surface area contributed by atoms with Crippen molar-refractivity contribution >= 4 is 23.9 Å². The number of unbranched alkanes of at least 4 members (excludes halogenated alkanes) is 11. The highest BCUT2D eigenvalue weighted by molar-refractivity contribution is 7.99. The van der Waals surface area contributed by atoms with E-state index in [1.807, 2.05) is 0 Å². The molecule has 8 nitrogen and oxygen atoms in total. The van der Waals surface area contributed by atoms with Crippen LogP contribution in [0.2, 0.25) is 0 Å². The van der Waals surface area contributed by atoms with Gasteiger partial charge in [-0.25, -0.2) is 9.59 Å². The number of carbonyl (C=O) groups excluding carboxylic acids is 2. The minimum absolute atomic E-state index is 0.171. The summed E-state index contributed by atoms with van der Waals surface area (Å²) in [7, 11) is 5.82. The van der Waals surface area contributed by atoms with Gasteiger partial charge in [-0.2, -0.15) is 0 Å². The van der Waals surface area contributed by atoms with E-state index in [0.717, 1.165) is 18.6 Å². The normalized spacial score (nSPS) is 10.5. The van der Waals surface area contributed by atoms with Crippen molar-refractivity contribution in [1.82, 2.24) is 10.6 Å². The number of ether oxygens (including phenoxy) is 4. The highest BCUT2D eigenvalue weighted by Crippen LogP contribution is 2.50. The summed E-state index contributed by atoms with van der Waals surface area (Å²) < 4.78 is 21.7. The van der Waals surface area contributed by atoms with Crippen LogP contribution in [0.1, 0.15) is 84.0 Å². The molecule has 0 aliphatic heterocycles. The minimum Gasteiger partial charge on any atom is -0.490 e. The van der Waals surface area contributed by atoms with Crippen molar-refractivity contribution in [2.45, 2.75) is 88.9 Å². The van der Waals surface area contributed by atoms with Crippen LogP contribution in [0.15, 0.2) is 11.0 Å². The quantitative estimate of drug-likeness (QED) is 0.163. The third kappa shape index (κ3) is 11.8. The van der Waals surface area contributed by atoms with Gasteiger partial charge >= 0.3 is 12.2 Å². The third-order valence-corrected chi connectivity index (χ3v) is 6.70. The van der Waals surface area contributed by atoms with Crippen molar-refractivity contribution in [1.29, 1.82) is 0 Å². The average Bonchev–Trinajstić information content (AvgIpc) is 2.87. The molecule has 0 atom stereocenters. The van der Waals surface area contributed by atoms with E-state index in [9.17, 15) is 9.59 Å². The molecule has 0 unspecified atom stereocenters. The zero-order chi connectivity index (χ0) is 25.9. The second kappa shape index (κ2) is 19.0. The standard InChI is InChI=1S/C26H44N2O6S/c1-6-7-8-9-10-11-12-13-14-15-16-17-18-35-21-19-20(33-25(29)27-2)22(31-4)24(32-5)23(21)34-26(30)28-3/h19H,6-18H2,1-5H3,(H,27,29)(H,28,30). The molecule has 0 aromatic heterocycles. The molecule has 2 N–H and O–H groups in total. The van der Waals surface area contributed by atoms with Crippen LogP contribution in [0.3, 0.4) is 0 Å². The number of amides is 2. The fourth-order valence-corrected chi connectivity index (χ4v) is 4.68. The first kappa shape index (κ1) is 30.7. The van der Waals surface area contributed by atoms with Crippen LogP contribution in [0.4, 0.5) is 9.59 Å². The Labute approximate surface area is 215 Å². The predicted octanol–water partition coefficient (Wildman–Crippen LogP) is 6.93. The van der Waals surface area contributed by atoms with Gasteiger partial charge in [0.2, 0.25) is 11.5 Å². The van der Waals surface area contributed by atoms with Crippen LogP contribution in [-0.2, 0) is 0 Å². The number of carbonyl (C=O) groups is 2. The Morgan fingerprint density at radius 1 is 0.714 bits per heavy atom. The van der Waals surface area contributed by atoms with Crippen LogP contribution < -0.4 is 29.6 Å². The molecule has 0 aliphatic carbocycles. The van der Waals surface area contributed by atoms with Gasteiger partial charge in [-0.05, 0) is 12.2 Å². The van der Waals surface area contributed by atoms with Gasteiger partial charge in [-0.15, -0.1) is 11.8 Å². The molecular formula is C26H44N2O6S. The Hall–Kier alpha value is -2.29. The lowest BCUT2D eigenvalue weighted by molar-refractivity contribution is 0.194. The predicted molar refractivity (Wildman–Crippen MR) is 142 cm³/mol. The van der Waals surface area contributed by atoms with Gasteiger partial charge in [0.15, 0.2) is 11.5 Å². The van der Waals surface area contributed by atoms with Crippen molar-refractivity contribution in [3.63, 3.8) is 0 Å². The van der Waals surface area contributed by atoms with E-state index < -0.39 is 12.2 Å². The van der Waals surface area contributed by atoms with Crippen LogP contribution in [0, 0.1) is 0 Å². The summed E-state index contributed by atoms with van der Waals surface area (Å²) >= 11 is 1.53. The SMILES string of the molecule is CCCCCCCCCCCCCCSc1cc(OC(=O)NC)c(OC)c(OC)c1OC(=O)NC. The van der Waals surface area contributed by atoms with E-state index in [4.69, 9.17) is 18.9 Å². The smallest absolute Gasteiger partial charge is 0.412 e. The Kier molecular flexibility index (Phi) is 16.7. The van der Waals surface area contributed by atoms with E-state index in [0.29, 0.717) is 4.90 Å². The summed E-state index contributed by atoms with van der Waals surface area (Å²) in [5, 5.41) is 4.85. The monoisotopic (exact) mass is 512 g/mol. The molecule has 0 aliphatic rings. The van der Waals surface area contributed by atoms with Gasteiger partial charge in [0.1, 0.15) is 0 Å². The molecule has 0 saturated carbocycles. The molecule has 0 spiro atoms. The highest BCUT2D eigenvalue weighted by atomic mass is 32.2. The first-order valence-electron chi connectivity index (χ1n) is 12.7. The number of nitrogens with one attached hydrogen (secondary N) is 2. The van der Waals surface area contributed by atoms with Gasteiger partial charge in [-0.3, -0.25) is 0 Å². The Balaban J connectivity index is 2.64. The summed E-state index contributed by atoms with van der Waals surface area (Å²) in [5.41, 5.74) is 0. The zero-order valence-electron chi connectivity index (χ0n) is 22.1. The molecule has 0 radical (unpaired) electrons. The highest BCUT2D eigenvalue weighted by Gasteiger charge is 2.25. The lowest BCUT2D eigenvalue weighted by atomic mass is 10.1. The fraction of sp³-hybridized carbons (Fsp3) is 0.692. The molecule has 2 amide bonds. The van der Waals surface area contributed by atoms with Crippen molar-refractivity contribution < 1.29 is 28.5 Å². The molecule has 200 valence electrons. The van der Waals surface area contributed by atoms with E-state index >= 15 is 0 Å². The van der Waals surface area contributed by atoms with Gasteiger partial charge in [0, 0.05) is 20.2 Å². The van der Waals surface area contributed by atoms with Crippen molar-refractivity contribution in [2.24, 2.45) is 0 Å². The van der Waals surface area contributed by atoms with Crippen molar-refractivity contribution in [3.05, 3.63) is 6.07 Å². The summed E-state index contributed by atoms with van der Waals surface area (Å²) in [6.45, 7) is 2.25. The topological polar surface area (TPSA) is 95.1 Å². The van der Waals surface area contributed by atoms with Gasteiger partial charge in [0.05, 0.1) is 19.1 Å². The van der Waals surface area contributed by atoms with Gasteiger partial charge < -0.3 is 29.6 Å². The van der Waals surface area contributed by atoms with Gasteiger partial charge in [0.25, 0.3) is 0 Å². The van der Waals surface area contributed by atoms with Crippen molar-refractivity contribution in [2.75, 3.05) is 34.1 Å². The molecular weight excluding hydrogens is 468 g/mol. The maximum atomic E-state index is 12.0. The first-order valence-corrected chi connectivity index (χ1v) is 13.7. The fourth-order valence-electron chi connectivity index (χ4n) is 3.66. The largest absolute Gasteiger partial charge is 0.490 e. The van der Waals surface area contributed by atoms with E-state index in [1.54, 1.807) is 6.07 Å². The minimum atomic E-state index is -0.637. The molecule has 0 saturated heterocycles. The summed E-state index contributed by atoms with van der Waals surface area (Å²) in [6, 6.07) is 1.64. The van der Waals surface area contributed by atoms with Crippen LogP contribution in [0.25, 0.3) is 0 Å². The second-order valence-electron chi connectivity index (χ2n) is 8.29. The third-order valence-electron chi connectivity index (χ3n) is 5.59. The number of methoxy groups -OCH3 is 2. The van der Waals surface area contributed by atoms with E-state index in [2.05, 4.69) is 17.6 Å². The van der Waals surface area contributed by atoms with Crippen molar-refractivity contribution in [3.8, 4) is 23.0 Å². The molecule has 35 heavy (non-hydrogen) atoms.